The summed E-state index contributed by atoms with van der Waals surface area (Å²) in [5.74, 6) is 3.10. The largest absolute Gasteiger partial charge is 0.497 e. The highest BCUT2D eigenvalue weighted by Crippen LogP contribution is 2.32. The lowest BCUT2D eigenvalue weighted by molar-refractivity contribution is -0.128. The van der Waals surface area contributed by atoms with Crippen LogP contribution in [0, 0.1) is 0 Å². The highest BCUT2D eigenvalue weighted by atomic mass is 16.5. The van der Waals surface area contributed by atoms with Crippen LogP contribution in [0.5, 0.6) is 5.75 Å². The Labute approximate surface area is 166 Å². The van der Waals surface area contributed by atoms with E-state index in [0.717, 1.165) is 63.0 Å². The van der Waals surface area contributed by atoms with E-state index in [9.17, 15) is 4.79 Å². The molecule has 28 heavy (non-hydrogen) atoms. The quantitative estimate of drug-likeness (QED) is 0.811. The van der Waals surface area contributed by atoms with Gasteiger partial charge in [-0.1, -0.05) is 18.6 Å². The van der Waals surface area contributed by atoms with E-state index in [-0.39, 0.29) is 11.9 Å². The second-order valence-corrected chi connectivity index (χ2v) is 7.72. The van der Waals surface area contributed by atoms with Crippen LogP contribution >= 0.6 is 0 Å². The van der Waals surface area contributed by atoms with Crippen molar-refractivity contribution in [1.82, 2.24) is 24.6 Å². The molecule has 7 heteroatoms. The lowest BCUT2D eigenvalue weighted by Gasteiger charge is -2.35. The minimum atomic E-state index is 0.137. The minimum absolute atomic E-state index is 0.137. The first kappa shape index (κ1) is 18.9. The van der Waals surface area contributed by atoms with Gasteiger partial charge in [-0.25, -0.2) is 0 Å². The summed E-state index contributed by atoms with van der Waals surface area (Å²) in [6.45, 7) is 5.82. The number of hydrogen-bond acceptors (Lipinski definition) is 5. The Kier molecular flexibility index (Phi) is 5.62. The lowest BCUT2D eigenvalue weighted by Crippen LogP contribution is -2.35. The summed E-state index contributed by atoms with van der Waals surface area (Å²) in [5, 5.41) is 9.08. The Hall–Kier alpha value is -2.41. The van der Waals surface area contributed by atoms with Gasteiger partial charge in [0, 0.05) is 39.5 Å². The van der Waals surface area contributed by atoms with Crippen LogP contribution in [0.2, 0.25) is 0 Å². The fourth-order valence-corrected chi connectivity index (χ4v) is 4.38. The van der Waals surface area contributed by atoms with Gasteiger partial charge in [0.15, 0.2) is 0 Å². The van der Waals surface area contributed by atoms with Crippen LogP contribution in [0.1, 0.15) is 49.4 Å². The van der Waals surface area contributed by atoms with Crippen molar-refractivity contribution in [3.8, 4) is 5.75 Å². The van der Waals surface area contributed by atoms with E-state index in [2.05, 4.69) is 31.8 Å². The molecule has 4 rings (SSSR count). The van der Waals surface area contributed by atoms with Gasteiger partial charge in [0.1, 0.15) is 17.4 Å². The van der Waals surface area contributed by atoms with Crippen molar-refractivity contribution in [2.75, 3.05) is 26.7 Å². The van der Waals surface area contributed by atoms with Gasteiger partial charge in [0.25, 0.3) is 0 Å². The number of nitrogens with zero attached hydrogens (tertiary/aromatic N) is 5. The third-order valence-corrected chi connectivity index (χ3v) is 5.93. The number of aromatic nitrogens is 3. The summed E-state index contributed by atoms with van der Waals surface area (Å²) in [6.07, 6.45) is 4.29. The van der Waals surface area contributed by atoms with E-state index in [1.807, 2.05) is 17.0 Å². The Morgan fingerprint density at radius 3 is 2.89 bits per heavy atom. The van der Waals surface area contributed by atoms with E-state index in [1.54, 1.807) is 14.0 Å². The van der Waals surface area contributed by atoms with Gasteiger partial charge < -0.3 is 14.2 Å². The van der Waals surface area contributed by atoms with Gasteiger partial charge in [0.05, 0.1) is 13.2 Å². The molecule has 1 atom stereocenters. The van der Waals surface area contributed by atoms with Crippen LogP contribution < -0.4 is 4.74 Å². The van der Waals surface area contributed by atoms with Crippen LogP contribution in [0.25, 0.3) is 0 Å². The summed E-state index contributed by atoms with van der Waals surface area (Å²) in [5.41, 5.74) is 1.25. The fourth-order valence-electron chi connectivity index (χ4n) is 4.38. The number of amides is 1. The first-order valence-electron chi connectivity index (χ1n) is 10.2. The molecule has 2 aliphatic rings. The number of benzene rings is 1. The lowest BCUT2D eigenvalue weighted by atomic mass is 10.00. The van der Waals surface area contributed by atoms with Crippen molar-refractivity contribution in [1.29, 1.82) is 0 Å². The Morgan fingerprint density at radius 1 is 1.18 bits per heavy atom. The minimum Gasteiger partial charge on any atom is -0.497 e. The smallest absolute Gasteiger partial charge is 0.219 e. The monoisotopic (exact) mass is 383 g/mol. The van der Waals surface area contributed by atoms with Crippen molar-refractivity contribution < 1.29 is 9.53 Å². The number of methoxy groups -OCH3 is 1. The molecule has 0 N–H and O–H groups in total. The molecule has 3 heterocycles. The third-order valence-electron chi connectivity index (χ3n) is 5.93. The van der Waals surface area contributed by atoms with Gasteiger partial charge in [-0.05, 0) is 37.1 Å². The molecule has 1 aromatic heterocycles. The number of rotatable bonds is 4. The third kappa shape index (κ3) is 3.90. The number of piperidine rings is 1. The van der Waals surface area contributed by atoms with E-state index >= 15 is 0 Å². The molecule has 0 aliphatic carbocycles. The highest BCUT2D eigenvalue weighted by Gasteiger charge is 2.30. The molecule has 2 aromatic rings. The van der Waals surface area contributed by atoms with Crippen molar-refractivity contribution in [2.24, 2.45) is 0 Å². The molecule has 7 nitrogen and oxygen atoms in total. The number of ether oxygens (including phenoxy) is 1. The van der Waals surface area contributed by atoms with Crippen molar-refractivity contribution in [3.05, 3.63) is 41.5 Å². The standard InChI is InChI=1S/C21H29N5O2/c1-16(27)24-11-9-20-22-23-21(26(20)13-12-24)19-8-3-4-10-25(19)15-17-6-5-7-18(14-17)28-2/h5-7,14,19H,3-4,8-13,15H2,1-2H3/t19-/m0/s1. The van der Waals surface area contributed by atoms with E-state index in [4.69, 9.17) is 4.74 Å². The molecular weight excluding hydrogens is 354 g/mol. The van der Waals surface area contributed by atoms with Gasteiger partial charge in [-0.15, -0.1) is 10.2 Å². The normalized spacial score (nSPS) is 20.5. The van der Waals surface area contributed by atoms with Crippen LogP contribution in [-0.4, -0.2) is 57.2 Å². The molecule has 0 bridgehead atoms. The van der Waals surface area contributed by atoms with Crippen LogP contribution in [0.3, 0.4) is 0 Å². The number of carbonyl (C=O) groups is 1. The van der Waals surface area contributed by atoms with Crippen LogP contribution in [0.4, 0.5) is 0 Å². The number of likely N-dealkylation sites (tertiary alicyclic amines) is 1. The number of carbonyl (C=O) groups excluding carboxylic acids is 1. The van der Waals surface area contributed by atoms with Gasteiger partial charge in [0.2, 0.25) is 5.91 Å². The zero-order valence-electron chi connectivity index (χ0n) is 16.8. The van der Waals surface area contributed by atoms with Gasteiger partial charge >= 0.3 is 0 Å². The molecular formula is C21H29N5O2. The van der Waals surface area contributed by atoms with E-state index in [0.29, 0.717) is 0 Å². The fraction of sp³-hybridized carbons (Fsp3) is 0.571. The first-order valence-corrected chi connectivity index (χ1v) is 10.2. The highest BCUT2D eigenvalue weighted by molar-refractivity contribution is 5.73. The Bertz CT molecular complexity index is 834. The maximum Gasteiger partial charge on any atom is 0.219 e. The molecule has 1 saturated heterocycles. The second kappa shape index (κ2) is 8.31. The molecule has 0 unspecified atom stereocenters. The average molecular weight is 383 g/mol. The summed E-state index contributed by atoms with van der Waals surface area (Å²) in [6, 6.07) is 8.57. The van der Waals surface area contributed by atoms with Gasteiger partial charge in [-0.3, -0.25) is 9.69 Å². The molecule has 1 aromatic carbocycles. The summed E-state index contributed by atoms with van der Waals surface area (Å²) in [4.78, 5) is 16.2. The molecule has 150 valence electrons. The van der Waals surface area contributed by atoms with Crippen molar-refractivity contribution in [3.63, 3.8) is 0 Å². The summed E-state index contributed by atoms with van der Waals surface area (Å²) in [7, 11) is 1.71. The van der Waals surface area contributed by atoms with Crippen molar-refractivity contribution in [2.45, 2.75) is 51.7 Å². The zero-order valence-corrected chi connectivity index (χ0v) is 16.8. The first-order chi connectivity index (χ1) is 13.7. The second-order valence-electron chi connectivity index (χ2n) is 7.72. The Morgan fingerprint density at radius 2 is 2.07 bits per heavy atom. The number of hydrogen-bond donors (Lipinski definition) is 0. The molecule has 0 saturated carbocycles. The SMILES string of the molecule is COc1cccc(CN2CCCC[C@H]2c2nnc3n2CCN(C(C)=O)CC3)c1. The van der Waals surface area contributed by atoms with Gasteiger partial charge in [-0.2, -0.15) is 0 Å². The average Bonchev–Trinajstić information content (AvgIpc) is 2.98. The molecule has 0 radical (unpaired) electrons. The summed E-state index contributed by atoms with van der Waals surface area (Å²) >= 11 is 0. The maximum absolute atomic E-state index is 11.8. The van der Waals surface area contributed by atoms with Crippen LogP contribution in [-0.2, 0) is 24.3 Å². The number of fused-ring (bicyclic) bond motifs is 1. The Balaban J connectivity index is 1.56. The van der Waals surface area contributed by atoms with E-state index in [1.165, 1.54) is 18.4 Å². The van der Waals surface area contributed by atoms with E-state index < -0.39 is 0 Å². The molecule has 2 aliphatic heterocycles. The predicted molar refractivity (Wildman–Crippen MR) is 106 cm³/mol. The molecule has 0 spiro atoms. The zero-order chi connectivity index (χ0) is 19.5. The molecule has 1 fully saturated rings. The predicted octanol–water partition coefficient (Wildman–Crippen LogP) is 2.42. The maximum atomic E-state index is 11.8. The van der Waals surface area contributed by atoms with Crippen molar-refractivity contribution >= 4 is 5.91 Å². The topological polar surface area (TPSA) is 63.5 Å². The summed E-state index contributed by atoms with van der Waals surface area (Å²) < 4.78 is 7.64. The van der Waals surface area contributed by atoms with Crippen LogP contribution in [0.15, 0.2) is 24.3 Å². The molecule has 1 amide bonds.